The van der Waals surface area contributed by atoms with Crippen LogP contribution in [0.3, 0.4) is 0 Å². The number of carboxylic acid groups (broad SMARTS) is 1. The number of rotatable bonds is 5. The van der Waals surface area contributed by atoms with Gasteiger partial charge in [-0.1, -0.05) is 11.6 Å². The Hall–Kier alpha value is -2.12. The molecule has 1 aliphatic rings. The second kappa shape index (κ2) is 8.05. The summed E-state index contributed by atoms with van der Waals surface area (Å²) in [7, 11) is 0. The number of ether oxygens (including phenoxy) is 1. The number of amides is 1. The lowest BCUT2D eigenvalue weighted by Crippen LogP contribution is -2.42. The van der Waals surface area contributed by atoms with Gasteiger partial charge in [0.15, 0.2) is 0 Å². The van der Waals surface area contributed by atoms with Gasteiger partial charge in [-0.05, 0) is 44.0 Å². The average molecular weight is 395 g/mol. The molecule has 1 aromatic carbocycles. The average Bonchev–Trinajstić information content (AvgIpc) is 3.01. The quantitative estimate of drug-likeness (QED) is 0.837. The van der Waals surface area contributed by atoms with E-state index in [1.807, 2.05) is 0 Å². The van der Waals surface area contributed by atoms with Gasteiger partial charge in [0.1, 0.15) is 22.2 Å². The van der Waals surface area contributed by atoms with Crippen molar-refractivity contribution in [2.24, 2.45) is 5.92 Å². The van der Waals surface area contributed by atoms with Crippen molar-refractivity contribution in [2.45, 2.75) is 26.4 Å². The zero-order valence-electron chi connectivity index (χ0n) is 14.3. The van der Waals surface area contributed by atoms with Gasteiger partial charge in [0.2, 0.25) is 0 Å². The lowest BCUT2D eigenvalue weighted by Gasteiger charge is -2.30. The van der Waals surface area contributed by atoms with Gasteiger partial charge in [-0.2, -0.15) is 0 Å². The molecule has 0 radical (unpaired) electrons. The number of carbonyl (C=O) groups is 2. The molecular formula is C18H19ClN2O4S. The molecule has 2 aromatic rings. The molecular weight excluding hydrogens is 376 g/mol. The Balaban J connectivity index is 1.66. The van der Waals surface area contributed by atoms with Crippen LogP contribution in [0.1, 0.15) is 33.2 Å². The van der Waals surface area contributed by atoms with Gasteiger partial charge in [0.05, 0.1) is 11.6 Å². The Bertz CT molecular complexity index is 806. The topological polar surface area (TPSA) is 79.7 Å². The number of carbonyl (C=O) groups excluding carboxylic acids is 1. The van der Waals surface area contributed by atoms with Crippen LogP contribution in [0.15, 0.2) is 24.3 Å². The van der Waals surface area contributed by atoms with Crippen LogP contribution < -0.4 is 4.74 Å². The molecule has 1 aromatic heterocycles. The number of carboxylic acids is 1. The van der Waals surface area contributed by atoms with Crippen molar-refractivity contribution in [2.75, 3.05) is 13.1 Å². The summed E-state index contributed by atoms with van der Waals surface area (Å²) in [5.74, 6) is -0.812. The summed E-state index contributed by atoms with van der Waals surface area (Å²) >= 11 is 7.14. The van der Waals surface area contributed by atoms with E-state index in [1.165, 1.54) is 11.3 Å². The third-order valence-electron chi connectivity index (χ3n) is 4.27. The van der Waals surface area contributed by atoms with Crippen LogP contribution in [0.2, 0.25) is 5.02 Å². The molecule has 3 rings (SSSR count). The molecule has 0 bridgehead atoms. The van der Waals surface area contributed by atoms with E-state index < -0.39 is 11.9 Å². The van der Waals surface area contributed by atoms with E-state index in [2.05, 4.69) is 4.98 Å². The Morgan fingerprint density at radius 1 is 1.38 bits per heavy atom. The first kappa shape index (κ1) is 18.7. The van der Waals surface area contributed by atoms with Gasteiger partial charge in [-0.25, -0.2) is 4.98 Å². The predicted octanol–water partition coefficient (Wildman–Crippen LogP) is 3.62. The summed E-state index contributed by atoms with van der Waals surface area (Å²) in [6.45, 7) is 2.88. The Labute approximate surface area is 160 Å². The van der Waals surface area contributed by atoms with Gasteiger partial charge < -0.3 is 14.7 Å². The molecule has 1 amide bonds. The lowest BCUT2D eigenvalue weighted by atomic mass is 9.98. The van der Waals surface area contributed by atoms with E-state index in [1.54, 1.807) is 36.1 Å². The zero-order valence-corrected chi connectivity index (χ0v) is 15.8. The molecule has 6 nitrogen and oxygen atoms in total. The van der Waals surface area contributed by atoms with E-state index in [-0.39, 0.29) is 19.1 Å². The van der Waals surface area contributed by atoms with Crippen molar-refractivity contribution in [3.8, 4) is 5.75 Å². The van der Waals surface area contributed by atoms with Crippen LogP contribution >= 0.6 is 22.9 Å². The van der Waals surface area contributed by atoms with Crippen molar-refractivity contribution >= 4 is 34.8 Å². The monoisotopic (exact) mass is 394 g/mol. The highest BCUT2D eigenvalue weighted by Crippen LogP contribution is 2.25. The molecule has 0 unspecified atom stereocenters. The number of aryl methyl sites for hydroxylation is 1. The highest BCUT2D eigenvalue weighted by Gasteiger charge is 2.30. The number of nitrogens with zero attached hydrogens (tertiary/aromatic N) is 2. The first-order valence-corrected chi connectivity index (χ1v) is 9.50. The largest absolute Gasteiger partial charge is 0.486 e. The maximum Gasteiger partial charge on any atom is 0.308 e. The first-order valence-electron chi connectivity index (χ1n) is 8.31. The van der Waals surface area contributed by atoms with Gasteiger partial charge in [-0.15, -0.1) is 11.3 Å². The molecule has 1 saturated heterocycles. The Morgan fingerprint density at radius 3 is 2.81 bits per heavy atom. The normalized spacial score (nSPS) is 17.2. The van der Waals surface area contributed by atoms with Gasteiger partial charge in [0, 0.05) is 18.1 Å². The number of benzene rings is 1. The highest BCUT2D eigenvalue weighted by molar-refractivity contribution is 7.13. The van der Waals surface area contributed by atoms with E-state index >= 15 is 0 Å². The third kappa shape index (κ3) is 4.34. The number of thiazole rings is 1. The first-order chi connectivity index (χ1) is 12.4. The Morgan fingerprint density at radius 2 is 2.12 bits per heavy atom. The van der Waals surface area contributed by atoms with Crippen molar-refractivity contribution in [1.82, 2.24) is 9.88 Å². The molecule has 8 heteroatoms. The van der Waals surface area contributed by atoms with Crippen molar-refractivity contribution in [1.29, 1.82) is 0 Å². The van der Waals surface area contributed by atoms with Crippen molar-refractivity contribution in [3.63, 3.8) is 0 Å². The van der Waals surface area contributed by atoms with Crippen LogP contribution in [-0.2, 0) is 11.4 Å². The van der Waals surface area contributed by atoms with Gasteiger partial charge >= 0.3 is 5.97 Å². The second-order valence-corrected chi connectivity index (χ2v) is 7.71. The lowest BCUT2D eigenvalue weighted by molar-refractivity contribution is -0.143. The summed E-state index contributed by atoms with van der Waals surface area (Å²) in [6, 6.07) is 7.03. The Kier molecular flexibility index (Phi) is 5.78. The summed E-state index contributed by atoms with van der Waals surface area (Å²) in [5, 5.41) is 10.5. The van der Waals surface area contributed by atoms with Crippen molar-refractivity contribution < 1.29 is 19.4 Å². The summed E-state index contributed by atoms with van der Waals surface area (Å²) in [6.07, 6.45) is 1.31. The minimum absolute atomic E-state index is 0.149. The molecule has 2 heterocycles. The summed E-state index contributed by atoms with van der Waals surface area (Å²) < 4.78 is 5.68. The minimum atomic E-state index is -0.847. The molecule has 0 aliphatic carbocycles. The fourth-order valence-corrected chi connectivity index (χ4v) is 3.97. The number of aromatic nitrogens is 1. The minimum Gasteiger partial charge on any atom is -0.486 e. The SMILES string of the molecule is Cc1nc(COc2ccc(Cl)cc2)sc1C(=O)N1CCC[C@H](C(=O)O)C1. The van der Waals surface area contributed by atoms with Crippen LogP contribution in [0.25, 0.3) is 0 Å². The van der Waals surface area contributed by atoms with Crippen LogP contribution in [0.4, 0.5) is 0 Å². The number of likely N-dealkylation sites (tertiary alicyclic amines) is 1. The van der Waals surface area contributed by atoms with E-state index in [4.69, 9.17) is 16.3 Å². The second-order valence-electron chi connectivity index (χ2n) is 6.19. The number of hydrogen-bond donors (Lipinski definition) is 1. The molecule has 1 N–H and O–H groups in total. The highest BCUT2D eigenvalue weighted by atomic mass is 35.5. The van der Waals surface area contributed by atoms with Crippen molar-refractivity contribution in [3.05, 3.63) is 44.9 Å². The fourth-order valence-electron chi connectivity index (χ4n) is 2.90. The van der Waals surface area contributed by atoms with Gasteiger partial charge in [-0.3, -0.25) is 9.59 Å². The van der Waals surface area contributed by atoms with Crippen LogP contribution in [0.5, 0.6) is 5.75 Å². The molecule has 1 atom stereocenters. The maximum absolute atomic E-state index is 12.8. The summed E-state index contributed by atoms with van der Waals surface area (Å²) in [5.41, 5.74) is 0.646. The molecule has 1 fully saturated rings. The number of piperidine rings is 1. The van der Waals surface area contributed by atoms with E-state index in [0.717, 1.165) is 0 Å². The smallest absolute Gasteiger partial charge is 0.308 e. The van der Waals surface area contributed by atoms with Gasteiger partial charge in [0.25, 0.3) is 5.91 Å². The van der Waals surface area contributed by atoms with Crippen LogP contribution in [-0.4, -0.2) is 40.0 Å². The number of halogens is 1. The maximum atomic E-state index is 12.8. The summed E-state index contributed by atoms with van der Waals surface area (Å²) in [4.78, 5) is 30.5. The molecule has 0 spiro atoms. The van der Waals surface area contributed by atoms with E-state index in [9.17, 15) is 14.7 Å². The van der Waals surface area contributed by atoms with Crippen LogP contribution in [0, 0.1) is 12.8 Å². The zero-order chi connectivity index (χ0) is 18.7. The number of aliphatic carboxylic acids is 1. The molecule has 138 valence electrons. The predicted molar refractivity (Wildman–Crippen MR) is 98.9 cm³/mol. The standard InChI is InChI=1S/C18H19ClN2O4S/c1-11-16(17(22)21-8-2-3-12(9-21)18(23)24)26-15(20-11)10-25-14-6-4-13(19)5-7-14/h4-7,12H,2-3,8-10H2,1H3,(H,23,24)/t12-/m0/s1. The molecule has 1 aliphatic heterocycles. The fraction of sp³-hybridized carbons (Fsp3) is 0.389. The molecule has 26 heavy (non-hydrogen) atoms. The number of hydrogen-bond acceptors (Lipinski definition) is 5. The third-order valence-corrected chi connectivity index (χ3v) is 5.64. The molecule has 0 saturated carbocycles. The van der Waals surface area contributed by atoms with E-state index in [0.29, 0.717) is 45.7 Å².